The number of hydrogen-bond donors (Lipinski definition) is 0. The van der Waals surface area contributed by atoms with Gasteiger partial charge in [0.2, 0.25) is 0 Å². The first-order valence-corrected chi connectivity index (χ1v) is 9.03. The molecule has 0 heterocycles. The van der Waals surface area contributed by atoms with Gasteiger partial charge < -0.3 is 9.47 Å². The molecule has 2 aromatic rings. The summed E-state index contributed by atoms with van der Waals surface area (Å²) < 4.78 is 74.6. The van der Waals surface area contributed by atoms with E-state index in [2.05, 4.69) is 4.74 Å². The van der Waals surface area contributed by atoms with Crippen molar-refractivity contribution in [1.82, 2.24) is 0 Å². The predicted molar refractivity (Wildman–Crippen MR) is 84.6 cm³/mol. The van der Waals surface area contributed by atoms with Crippen LogP contribution in [0.5, 0.6) is 11.5 Å². The summed E-state index contributed by atoms with van der Waals surface area (Å²) in [5.41, 5.74) is 1.06. The summed E-state index contributed by atoms with van der Waals surface area (Å²) in [7, 11) is -8.68. The predicted octanol–water partition coefficient (Wildman–Crippen LogP) is 6.36. The van der Waals surface area contributed by atoms with E-state index in [1.807, 2.05) is 30.3 Å². The lowest BCUT2D eigenvalue weighted by atomic mass is 10.1. The van der Waals surface area contributed by atoms with Gasteiger partial charge in [-0.05, 0) is 18.4 Å². The summed E-state index contributed by atoms with van der Waals surface area (Å²) in [6.07, 6.45) is 1.20. The fraction of sp³-hybridized carbons (Fsp3) is 0.250. The maximum absolute atomic E-state index is 12.9. The monoisotopic (exact) mass is 368 g/mol. The maximum atomic E-state index is 12.9. The van der Waals surface area contributed by atoms with E-state index in [1.165, 1.54) is 0 Å². The summed E-state index contributed by atoms with van der Waals surface area (Å²) >= 11 is 0. The molecule has 0 fully saturated rings. The van der Waals surface area contributed by atoms with Crippen LogP contribution in [0.25, 0.3) is 0 Å². The highest BCUT2D eigenvalue weighted by Crippen LogP contribution is 3.02. The van der Waals surface area contributed by atoms with E-state index >= 15 is 0 Å². The van der Waals surface area contributed by atoms with Gasteiger partial charge in [0.15, 0.2) is 0 Å². The van der Waals surface area contributed by atoms with Crippen molar-refractivity contribution in [2.24, 2.45) is 0 Å². The molecule has 0 aliphatic carbocycles. The Kier molecular flexibility index (Phi) is 4.47. The number of benzene rings is 2. The molecule has 134 valence electrons. The molecule has 0 amide bonds. The Morgan fingerprint density at radius 1 is 0.875 bits per heavy atom. The van der Waals surface area contributed by atoms with Crippen LogP contribution >= 0.6 is 10.2 Å². The summed E-state index contributed by atoms with van der Waals surface area (Å²) in [4.78, 5) is -2.02. The molecule has 0 atom stereocenters. The second-order valence-electron chi connectivity index (χ2n) is 5.25. The van der Waals surface area contributed by atoms with Gasteiger partial charge in [-0.15, -0.1) is 0 Å². The quantitative estimate of drug-likeness (QED) is 0.418. The van der Waals surface area contributed by atoms with Crippen molar-refractivity contribution < 1.29 is 28.9 Å². The van der Waals surface area contributed by atoms with E-state index in [-0.39, 0.29) is 24.2 Å². The SMILES string of the molecule is COc1cc(OCCCc2ccccc2)cc(S(F)(F)(F)(F)F)c1. The number of halogens is 5. The molecular weight excluding hydrogens is 351 g/mol. The first-order valence-electron chi connectivity index (χ1n) is 7.08. The first-order chi connectivity index (χ1) is 11.0. The molecule has 2 aromatic carbocycles. The normalized spacial score (nSPS) is 14.6. The van der Waals surface area contributed by atoms with Crippen LogP contribution in [0.2, 0.25) is 0 Å². The smallest absolute Gasteiger partial charge is 0.310 e. The third kappa shape index (κ3) is 5.30. The molecule has 2 rings (SSSR count). The third-order valence-corrected chi connectivity index (χ3v) is 4.38. The summed E-state index contributed by atoms with van der Waals surface area (Å²) in [5.74, 6) is -0.635. The standard InChI is InChI=1S/C16H17F5O2S/c1-22-14-10-15(12-16(11-14)24(17,18,19,20)21)23-9-5-8-13-6-3-2-4-7-13/h2-4,6-7,10-12H,5,8-9H2,1H3. The molecule has 24 heavy (non-hydrogen) atoms. The van der Waals surface area contributed by atoms with Gasteiger partial charge in [-0.2, -0.15) is 0 Å². The zero-order valence-electron chi connectivity index (χ0n) is 12.9. The van der Waals surface area contributed by atoms with Gasteiger partial charge in [0, 0.05) is 18.2 Å². The molecule has 0 aromatic heterocycles. The minimum atomic E-state index is -9.78. The largest absolute Gasteiger partial charge is 0.497 e. The highest BCUT2D eigenvalue weighted by atomic mass is 32.5. The van der Waals surface area contributed by atoms with Gasteiger partial charge in [-0.3, -0.25) is 0 Å². The maximum Gasteiger partial charge on any atom is 0.310 e. The van der Waals surface area contributed by atoms with Crippen molar-refractivity contribution in [2.75, 3.05) is 13.7 Å². The average molecular weight is 368 g/mol. The second kappa shape index (κ2) is 5.84. The Morgan fingerprint density at radius 2 is 1.50 bits per heavy atom. The van der Waals surface area contributed by atoms with E-state index in [1.54, 1.807) is 0 Å². The van der Waals surface area contributed by atoms with Crippen LogP contribution in [0.3, 0.4) is 0 Å². The van der Waals surface area contributed by atoms with Crippen LogP contribution in [0.15, 0.2) is 53.4 Å². The molecule has 0 aliphatic rings. The minimum Gasteiger partial charge on any atom is -0.497 e. The van der Waals surface area contributed by atoms with Crippen LogP contribution in [0, 0.1) is 0 Å². The van der Waals surface area contributed by atoms with Gasteiger partial charge in [-0.25, -0.2) is 0 Å². The lowest BCUT2D eigenvalue weighted by Crippen LogP contribution is -2.07. The van der Waals surface area contributed by atoms with Crippen molar-refractivity contribution in [3.8, 4) is 11.5 Å². The third-order valence-electron chi connectivity index (χ3n) is 3.26. The van der Waals surface area contributed by atoms with Crippen LogP contribution < -0.4 is 9.47 Å². The number of methoxy groups -OCH3 is 1. The van der Waals surface area contributed by atoms with Gasteiger partial charge in [0.25, 0.3) is 0 Å². The fourth-order valence-electron chi connectivity index (χ4n) is 2.08. The highest BCUT2D eigenvalue weighted by Gasteiger charge is 2.65. The van der Waals surface area contributed by atoms with Crippen molar-refractivity contribution in [3.63, 3.8) is 0 Å². The Balaban J connectivity index is 2.08. The number of ether oxygens (including phenoxy) is 2. The van der Waals surface area contributed by atoms with Crippen LogP contribution in [0.4, 0.5) is 19.4 Å². The molecule has 0 N–H and O–H groups in total. The molecule has 0 aliphatic heterocycles. The molecule has 0 bridgehead atoms. The first kappa shape index (κ1) is 18.4. The summed E-state index contributed by atoms with van der Waals surface area (Å²) in [6, 6.07) is 11.2. The Labute approximate surface area is 136 Å². The number of rotatable bonds is 7. The van der Waals surface area contributed by atoms with Crippen LogP contribution in [0.1, 0.15) is 12.0 Å². The summed E-state index contributed by atoms with van der Waals surface area (Å²) in [6.45, 7) is 0.0990. The number of aryl methyl sites for hydroxylation is 1. The van der Waals surface area contributed by atoms with E-state index in [9.17, 15) is 19.4 Å². The van der Waals surface area contributed by atoms with Crippen molar-refractivity contribution in [1.29, 1.82) is 0 Å². The fourth-order valence-corrected chi connectivity index (χ4v) is 2.76. The molecule has 0 radical (unpaired) electrons. The molecule has 2 nitrogen and oxygen atoms in total. The van der Waals surface area contributed by atoms with Crippen molar-refractivity contribution >= 4 is 10.2 Å². The van der Waals surface area contributed by atoms with Gasteiger partial charge in [0.05, 0.1) is 13.7 Å². The lowest BCUT2D eigenvalue weighted by Gasteiger charge is -2.40. The van der Waals surface area contributed by atoms with Gasteiger partial charge in [-0.1, -0.05) is 49.8 Å². The number of hydrogen-bond acceptors (Lipinski definition) is 2. The lowest BCUT2D eigenvalue weighted by molar-refractivity contribution is 0.305. The Morgan fingerprint density at radius 3 is 2.08 bits per heavy atom. The second-order valence-corrected chi connectivity index (χ2v) is 7.66. The van der Waals surface area contributed by atoms with Crippen LogP contribution in [-0.2, 0) is 6.42 Å². The molecule has 0 unspecified atom stereocenters. The van der Waals surface area contributed by atoms with E-state index in [0.717, 1.165) is 18.7 Å². The average Bonchev–Trinajstić information content (AvgIpc) is 2.50. The Bertz CT molecular complexity index is 702. The molecule has 0 spiro atoms. The molecule has 0 saturated heterocycles. The van der Waals surface area contributed by atoms with E-state index in [0.29, 0.717) is 18.9 Å². The zero-order valence-corrected chi connectivity index (χ0v) is 13.7. The summed E-state index contributed by atoms with van der Waals surface area (Å²) in [5, 5.41) is 0. The molecule has 8 heteroatoms. The molecular formula is C16H17F5O2S. The molecule has 0 saturated carbocycles. The van der Waals surface area contributed by atoms with E-state index < -0.39 is 15.1 Å². The topological polar surface area (TPSA) is 18.5 Å². The van der Waals surface area contributed by atoms with Crippen LogP contribution in [-0.4, -0.2) is 13.7 Å². The zero-order chi connectivity index (χ0) is 17.9. The van der Waals surface area contributed by atoms with Crippen molar-refractivity contribution in [3.05, 3.63) is 54.1 Å². The minimum absolute atomic E-state index is 0.0990. The van der Waals surface area contributed by atoms with Gasteiger partial charge in [0.1, 0.15) is 16.4 Å². The highest BCUT2D eigenvalue weighted by molar-refractivity contribution is 8.45. The van der Waals surface area contributed by atoms with Gasteiger partial charge >= 0.3 is 10.2 Å². The van der Waals surface area contributed by atoms with E-state index in [4.69, 9.17) is 4.74 Å². The Hall–Kier alpha value is -1.96. The van der Waals surface area contributed by atoms with Crippen molar-refractivity contribution in [2.45, 2.75) is 17.7 Å².